The summed E-state index contributed by atoms with van der Waals surface area (Å²) in [6.07, 6.45) is 1.24. The lowest BCUT2D eigenvalue weighted by atomic mass is 10.1. The molecule has 1 aromatic carbocycles. The average Bonchev–Trinajstić information content (AvgIpc) is 2.36. The molecule has 1 rings (SSSR count). The summed E-state index contributed by atoms with van der Waals surface area (Å²) in [5.41, 5.74) is 1.19. The SMILES string of the molecule is CC(C(C)S(C)(=O)=O)N(C)Cc1ccc(C(=O)O)cc1. The Kier molecular flexibility index (Phi) is 5.30. The van der Waals surface area contributed by atoms with Gasteiger partial charge < -0.3 is 5.11 Å². The summed E-state index contributed by atoms with van der Waals surface area (Å²) >= 11 is 0. The summed E-state index contributed by atoms with van der Waals surface area (Å²) in [7, 11) is -1.22. The topological polar surface area (TPSA) is 74.7 Å². The number of carboxylic acid groups (broad SMARTS) is 1. The molecule has 0 fully saturated rings. The Labute approximate surface area is 120 Å². The zero-order valence-electron chi connectivity index (χ0n) is 12.2. The molecule has 6 heteroatoms. The van der Waals surface area contributed by atoms with Gasteiger partial charge >= 0.3 is 5.97 Å². The summed E-state index contributed by atoms with van der Waals surface area (Å²) in [6, 6.07) is 6.48. The molecule has 0 radical (unpaired) electrons. The highest BCUT2D eigenvalue weighted by atomic mass is 32.2. The molecule has 2 unspecified atom stereocenters. The van der Waals surface area contributed by atoms with E-state index in [2.05, 4.69) is 0 Å². The fraction of sp³-hybridized carbons (Fsp3) is 0.500. The van der Waals surface area contributed by atoms with Crippen LogP contribution in [0.3, 0.4) is 0 Å². The summed E-state index contributed by atoms with van der Waals surface area (Å²) in [6.45, 7) is 4.14. The van der Waals surface area contributed by atoms with Crippen molar-refractivity contribution in [3.05, 3.63) is 35.4 Å². The molecule has 1 N–H and O–H groups in total. The third-order valence-electron chi connectivity index (χ3n) is 3.68. The number of aromatic carboxylic acids is 1. The predicted molar refractivity (Wildman–Crippen MR) is 78.6 cm³/mol. The van der Waals surface area contributed by atoms with E-state index < -0.39 is 21.1 Å². The maximum atomic E-state index is 11.6. The van der Waals surface area contributed by atoms with Crippen LogP contribution in [0.25, 0.3) is 0 Å². The van der Waals surface area contributed by atoms with Crippen LogP contribution in [0, 0.1) is 0 Å². The third-order valence-corrected chi connectivity index (χ3v) is 5.43. The molecule has 0 aliphatic rings. The zero-order valence-corrected chi connectivity index (χ0v) is 13.0. The number of carboxylic acids is 1. The molecule has 0 bridgehead atoms. The first-order chi connectivity index (χ1) is 9.12. The molecule has 0 aliphatic carbocycles. The molecule has 20 heavy (non-hydrogen) atoms. The van der Waals surface area contributed by atoms with E-state index >= 15 is 0 Å². The summed E-state index contributed by atoms with van der Waals surface area (Å²) in [5, 5.41) is 8.38. The first kappa shape index (κ1) is 16.7. The van der Waals surface area contributed by atoms with E-state index in [9.17, 15) is 13.2 Å². The first-order valence-corrected chi connectivity index (χ1v) is 8.29. The first-order valence-electron chi connectivity index (χ1n) is 6.34. The van der Waals surface area contributed by atoms with E-state index in [0.717, 1.165) is 5.56 Å². The Hall–Kier alpha value is -1.40. The molecular weight excluding hydrogens is 278 g/mol. The van der Waals surface area contributed by atoms with Crippen molar-refractivity contribution >= 4 is 15.8 Å². The van der Waals surface area contributed by atoms with Gasteiger partial charge in [-0.25, -0.2) is 13.2 Å². The third kappa shape index (κ3) is 4.31. The Morgan fingerprint density at radius 3 is 2.15 bits per heavy atom. The van der Waals surface area contributed by atoms with Crippen LogP contribution in [-0.2, 0) is 16.4 Å². The molecule has 0 heterocycles. The lowest BCUT2D eigenvalue weighted by molar-refractivity contribution is 0.0697. The minimum absolute atomic E-state index is 0.121. The van der Waals surface area contributed by atoms with Crippen molar-refractivity contribution in [2.24, 2.45) is 0 Å². The van der Waals surface area contributed by atoms with Crippen LogP contribution in [0.2, 0.25) is 0 Å². The molecule has 5 nitrogen and oxygen atoms in total. The minimum Gasteiger partial charge on any atom is -0.478 e. The lowest BCUT2D eigenvalue weighted by Crippen LogP contribution is -2.40. The summed E-state index contributed by atoms with van der Waals surface area (Å²) in [4.78, 5) is 12.7. The quantitative estimate of drug-likeness (QED) is 0.864. The van der Waals surface area contributed by atoms with Crippen molar-refractivity contribution < 1.29 is 18.3 Å². The van der Waals surface area contributed by atoms with Crippen molar-refractivity contribution in [1.29, 1.82) is 0 Å². The number of benzene rings is 1. The number of hydrogen-bond acceptors (Lipinski definition) is 4. The molecule has 0 spiro atoms. The van der Waals surface area contributed by atoms with Gasteiger partial charge in [0.1, 0.15) is 0 Å². The molecule has 112 valence electrons. The minimum atomic E-state index is -3.08. The van der Waals surface area contributed by atoms with Crippen LogP contribution >= 0.6 is 0 Å². The van der Waals surface area contributed by atoms with Gasteiger partial charge in [-0.3, -0.25) is 4.90 Å². The molecule has 0 aromatic heterocycles. The summed E-state index contributed by atoms with van der Waals surface area (Å²) < 4.78 is 23.1. The molecule has 0 aliphatic heterocycles. The van der Waals surface area contributed by atoms with E-state index in [0.29, 0.717) is 6.54 Å². The number of carbonyl (C=O) groups is 1. The second-order valence-electron chi connectivity index (χ2n) is 5.19. The van der Waals surface area contributed by atoms with Gasteiger partial charge in [0.05, 0.1) is 10.8 Å². The number of rotatable bonds is 6. The second kappa shape index (κ2) is 6.37. The van der Waals surface area contributed by atoms with Gasteiger partial charge in [-0.05, 0) is 38.6 Å². The van der Waals surface area contributed by atoms with Crippen LogP contribution in [0.1, 0.15) is 29.8 Å². The Morgan fingerprint density at radius 1 is 1.25 bits per heavy atom. The van der Waals surface area contributed by atoms with Crippen molar-refractivity contribution in [3.8, 4) is 0 Å². The zero-order chi connectivity index (χ0) is 15.5. The Morgan fingerprint density at radius 2 is 1.75 bits per heavy atom. The number of hydrogen-bond donors (Lipinski definition) is 1. The van der Waals surface area contributed by atoms with Crippen LogP contribution in [-0.4, -0.2) is 49.0 Å². The standard InChI is InChI=1S/C14H21NO4S/c1-10(11(2)20(4,18)19)15(3)9-12-5-7-13(8-6-12)14(16)17/h5-8,10-11H,9H2,1-4H3,(H,16,17). The Bertz CT molecular complexity index is 565. The second-order valence-corrected chi connectivity index (χ2v) is 7.60. The van der Waals surface area contributed by atoms with Gasteiger partial charge in [-0.15, -0.1) is 0 Å². The molecule has 2 atom stereocenters. The van der Waals surface area contributed by atoms with Gasteiger partial charge in [0.15, 0.2) is 9.84 Å². The van der Waals surface area contributed by atoms with Gasteiger partial charge in [-0.2, -0.15) is 0 Å². The molecule has 0 amide bonds. The monoisotopic (exact) mass is 299 g/mol. The predicted octanol–water partition coefficient (Wildman–Crippen LogP) is 1.64. The van der Waals surface area contributed by atoms with E-state index in [-0.39, 0.29) is 11.6 Å². The smallest absolute Gasteiger partial charge is 0.335 e. The van der Waals surface area contributed by atoms with Gasteiger partial charge in [0, 0.05) is 18.8 Å². The average molecular weight is 299 g/mol. The van der Waals surface area contributed by atoms with Crippen molar-refractivity contribution in [1.82, 2.24) is 4.90 Å². The van der Waals surface area contributed by atoms with E-state index in [1.54, 1.807) is 31.2 Å². The normalized spacial score (nSPS) is 15.1. The molecular formula is C14H21NO4S. The molecule has 0 saturated heterocycles. The number of sulfone groups is 1. The summed E-state index contributed by atoms with van der Waals surface area (Å²) in [5.74, 6) is -0.955. The Balaban J connectivity index is 2.75. The van der Waals surface area contributed by atoms with Crippen molar-refractivity contribution in [3.63, 3.8) is 0 Å². The molecule has 0 saturated carbocycles. The van der Waals surface area contributed by atoms with Crippen LogP contribution in [0.4, 0.5) is 0 Å². The maximum absolute atomic E-state index is 11.6. The lowest BCUT2D eigenvalue weighted by Gasteiger charge is -2.28. The van der Waals surface area contributed by atoms with Gasteiger partial charge in [-0.1, -0.05) is 12.1 Å². The van der Waals surface area contributed by atoms with Crippen LogP contribution < -0.4 is 0 Å². The fourth-order valence-corrected chi connectivity index (χ4v) is 2.82. The van der Waals surface area contributed by atoms with E-state index in [1.165, 1.54) is 6.26 Å². The maximum Gasteiger partial charge on any atom is 0.335 e. The van der Waals surface area contributed by atoms with Crippen LogP contribution in [0.5, 0.6) is 0 Å². The van der Waals surface area contributed by atoms with Gasteiger partial charge in [0.2, 0.25) is 0 Å². The highest BCUT2D eigenvalue weighted by Crippen LogP contribution is 2.14. The van der Waals surface area contributed by atoms with E-state index in [1.807, 2.05) is 18.9 Å². The highest BCUT2D eigenvalue weighted by Gasteiger charge is 2.25. The van der Waals surface area contributed by atoms with E-state index in [4.69, 9.17) is 5.11 Å². The largest absolute Gasteiger partial charge is 0.478 e. The van der Waals surface area contributed by atoms with Crippen molar-refractivity contribution in [2.45, 2.75) is 31.7 Å². The van der Waals surface area contributed by atoms with Crippen LogP contribution in [0.15, 0.2) is 24.3 Å². The van der Waals surface area contributed by atoms with Gasteiger partial charge in [0.25, 0.3) is 0 Å². The highest BCUT2D eigenvalue weighted by molar-refractivity contribution is 7.91. The number of nitrogens with zero attached hydrogens (tertiary/aromatic N) is 1. The fourth-order valence-electron chi connectivity index (χ4n) is 1.90. The molecule has 1 aromatic rings. The van der Waals surface area contributed by atoms with Crippen molar-refractivity contribution in [2.75, 3.05) is 13.3 Å².